The highest BCUT2D eigenvalue weighted by molar-refractivity contribution is 6.83. The molecule has 0 aliphatic carbocycles. The molecule has 1 aromatic carbocycles. The molecule has 0 unspecified atom stereocenters. The molecule has 0 spiro atoms. The summed E-state index contributed by atoms with van der Waals surface area (Å²) in [4.78, 5) is 11.2. The standard InChI is InChI=1S/C13H14FNO2Si/c1-18(2,3)5-4-9-6-11-12(7-10(9)14)17-8-13(16)15-11/h6-7H,8H2,1-3H3,(H,15,16). The molecule has 1 amide bonds. The molecule has 0 saturated heterocycles. The van der Waals surface area contributed by atoms with Gasteiger partial charge in [-0.05, 0) is 6.07 Å². The lowest BCUT2D eigenvalue weighted by Crippen LogP contribution is -2.25. The molecule has 0 saturated carbocycles. The van der Waals surface area contributed by atoms with Gasteiger partial charge in [0.15, 0.2) is 6.61 Å². The van der Waals surface area contributed by atoms with E-state index in [1.807, 2.05) is 0 Å². The van der Waals surface area contributed by atoms with Crippen molar-refractivity contribution in [3.8, 4) is 17.2 Å². The first-order valence-electron chi connectivity index (χ1n) is 5.64. The Morgan fingerprint density at radius 2 is 2.11 bits per heavy atom. The van der Waals surface area contributed by atoms with Crippen LogP contribution in [0.25, 0.3) is 0 Å². The Morgan fingerprint density at radius 1 is 1.39 bits per heavy atom. The van der Waals surface area contributed by atoms with E-state index in [2.05, 4.69) is 36.4 Å². The molecule has 0 fully saturated rings. The molecule has 1 aliphatic heterocycles. The highest BCUT2D eigenvalue weighted by Crippen LogP contribution is 2.30. The summed E-state index contributed by atoms with van der Waals surface area (Å²) < 4.78 is 18.9. The Balaban J connectivity index is 2.40. The molecular formula is C13H14FNO2Si. The number of benzene rings is 1. The van der Waals surface area contributed by atoms with Crippen molar-refractivity contribution in [2.75, 3.05) is 11.9 Å². The van der Waals surface area contributed by atoms with Crippen LogP contribution in [-0.2, 0) is 4.79 Å². The first-order valence-corrected chi connectivity index (χ1v) is 9.14. The van der Waals surface area contributed by atoms with Gasteiger partial charge in [-0.3, -0.25) is 4.79 Å². The number of hydrogen-bond acceptors (Lipinski definition) is 2. The number of rotatable bonds is 0. The van der Waals surface area contributed by atoms with Gasteiger partial charge in [-0.15, -0.1) is 5.54 Å². The third-order valence-corrected chi connectivity index (χ3v) is 3.15. The van der Waals surface area contributed by atoms with Gasteiger partial charge in [0.1, 0.15) is 19.6 Å². The molecule has 3 nitrogen and oxygen atoms in total. The lowest BCUT2D eigenvalue weighted by Gasteiger charge is -2.18. The van der Waals surface area contributed by atoms with Crippen molar-refractivity contribution < 1.29 is 13.9 Å². The second-order valence-electron chi connectivity index (χ2n) is 5.17. The normalized spacial score (nSPS) is 13.9. The van der Waals surface area contributed by atoms with E-state index in [1.165, 1.54) is 12.1 Å². The van der Waals surface area contributed by atoms with Gasteiger partial charge in [0.2, 0.25) is 0 Å². The van der Waals surface area contributed by atoms with Crippen molar-refractivity contribution in [1.29, 1.82) is 0 Å². The maximum Gasteiger partial charge on any atom is 0.262 e. The number of halogens is 1. The number of amides is 1. The SMILES string of the molecule is C[Si](C)(C)C#Cc1cc2c(cc1F)OCC(=O)N2. The molecule has 94 valence electrons. The fourth-order valence-electron chi connectivity index (χ4n) is 1.45. The third kappa shape index (κ3) is 2.90. The fourth-order valence-corrected chi connectivity index (χ4v) is 1.96. The quantitative estimate of drug-likeness (QED) is 0.576. The Bertz CT molecular complexity index is 567. The summed E-state index contributed by atoms with van der Waals surface area (Å²) in [5, 5.41) is 2.64. The van der Waals surface area contributed by atoms with Crippen LogP contribution in [0.15, 0.2) is 12.1 Å². The van der Waals surface area contributed by atoms with Crippen LogP contribution in [0.2, 0.25) is 19.6 Å². The first kappa shape index (κ1) is 12.6. The maximum absolute atomic E-state index is 13.8. The van der Waals surface area contributed by atoms with Crippen LogP contribution in [0.1, 0.15) is 5.56 Å². The van der Waals surface area contributed by atoms with Crippen molar-refractivity contribution >= 4 is 19.7 Å². The fraction of sp³-hybridized carbons (Fsp3) is 0.308. The van der Waals surface area contributed by atoms with Gasteiger partial charge in [-0.1, -0.05) is 25.6 Å². The van der Waals surface area contributed by atoms with Crippen LogP contribution < -0.4 is 10.1 Å². The summed E-state index contributed by atoms with van der Waals surface area (Å²) in [7, 11) is -1.56. The molecule has 2 rings (SSSR count). The summed E-state index contributed by atoms with van der Waals surface area (Å²) in [6, 6.07) is 2.79. The summed E-state index contributed by atoms with van der Waals surface area (Å²) in [6.45, 7) is 6.18. The van der Waals surface area contributed by atoms with Crippen molar-refractivity contribution in [2.24, 2.45) is 0 Å². The van der Waals surface area contributed by atoms with Crippen LogP contribution in [0.4, 0.5) is 10.1 Å². The van der Waals surface area contributed by atoms with E-state index >= 15 is 0 Å². The minimum atomic E-state index is -1.56. The largest absolute Gasteiger partial charge is 0.481 e. The lowest BCUT2D eigenvalue weighted by molar-refractivity contribution is -0.118. The first-order chi connectivity index (χ1) is 8.35. The molecule has 1 aromatic rings. The number of anilines is 1. The topological polar surface area (TPSA) is 38.3 Å². The highest BCUT2D eigenvalue weighted by Gasteiger charge is 2.18. The second kappa shape index (κ2) is 4.46. The minimum absolute atomic E-state index is 0.0770. The molecule has 0 radical (unpaired) electrons. The summed E-state index contributed by atoms with van der Waals surface area (Å²) in [6.07, 6.45) is 0. The number of hydrogen-bond donors (Lipinski definition) is 1. The minimum Gasteiger partial charge on any atom is -0.481 e. The van der Waals surface area contributed by atoms with Gasteiger partial charge in [0, 0.05) is 6.07 Å². The zero-order valence-corrected chi connectivity index (χ0v) is 11.6. The maximum atomic E-state index is 13.8. The van der Waals surface area contributed by atoms with Gasteiger partial charge in [-0.2, -0.15) is 0 Å². The van der Waals surface area contributed by atoms with Gasteiger partial charge in [-0.25, -0.2) is 4.39 Å². The number of carbonyl (C=O) groups excluding carboxylic acids is 1. The predicted molar refractivity (Wildman–Crippen MR) is 70.7 cm³/mol. The Morgan fingerprint density at radius 3 is 2.78 bits per heavy atom. The number of carbonyl (C=O) groups is 1. The zero-order chi connectivity index (χ0) is 13.3. The smallest absolute Gasteiger partial charge is 0.262 e. The zero-order valence-electron chi connectivity index (χ0n) is 10.6. The van der Waals surface area contributed by atoms with E-state index in [0.717, 1.165) is 0 Å². The highest BCUT2D eigenvalue weighted by atomic mass is 28.3. The van der Waals surface area contributed by atoms with Gasteiger partial charge in [0.05, 0.1) is 11.3 Å². The van der Waals surface area contributed by atoms with Crippen LogP contribution in [0.5, 0.6) is 5.75 Å². The average molecular weight is 263 g/mol. The van der Waals surface area contributed by atoms with E-state index in [4.69, 9.17) is 4.74 Å². The predicted octanol–water partition coefficient (Wildman–Crippen LogP) is 2.39. The molecule has 5 heteroatoms. The van der Waals surface area contributed by atoms with E-state index in [0.29, 0.717) is 17.0 Å². The average Bonchev–Trinajstić information content (AvgIpc) is 2.26. The molecule has 0 aromatic heterocycles. The van der Waals surface area contributed by atoms with Crippen molar-refractivity contribution in [1.82, 2.24) is 0 Å². The number of nitrogens with one attached hydrogen (secondary N) is 1. The Hall–Kier alpha value is -1.80. The second-order valence-corrected chi connectivity index (χ2v) is 9.92. The molecule has 0 bridgehead atoms. The van der Waals surface area contributed by atoms with Crippen molar-refractivity contribution in [2.45, 2.75) is 19.6 Å². The summed E-state index contributed by atoms with van der Waals surface area (Å²) >= 11 is 0. The molecular weight excluding hydrogens is 249 g/mol. The van der Waals surface area contributed by atoms with Gasteiger partial charge in [0.25, 0.3) is 5.91 Å². The summed E-state index contributed by atoms with van der Waals surface area (Å²) in [5.41, 5.74) is 3.87. The van der Waals surface area contributed by atoms with Gasteiger partial charge < -0.3 is 10.1 Å². The van der Waals surface area contributed by atoms with Crippen molar-refractivity contribution in [3.05, 3.63) is 23.5 Å². The molecule has 18 heavy (non-hydrogen) atoms. The number of fused-ring (bicyclic) bond motifs is 1. The molecule has 0 atom stereocenters. The Labute approximate surface area is 106 Å². The Kier molecular flexibility index (Phi) is 3.14. The van der Waals surface area contributed by atoms with Crippen LogP contribution in [0, 0.1) is 17.3 Å². The van der Waals surface area contributed by atoms with Crippen LogP contribution in [-0.4, -0.2) is 20.6 Å². The molecule has 1 aliphatic rings. The third-order valence-electron chi connectivity index (χ3n) is 2.27. The van der Waals surface area contributed by atoms with Crippen LogP contribution >= 0.6 is 0 Å². The summed E-state index contributed by atoms with van der Waals surface area (Å²) in [5.74, 6) is 2.54. The van der Waals surface area contributed by atoms with E-state index in [1.54, 1.807) is 0 Å². The monoisotopic (exact) mass is 263 g/mol. The van der Waals surface area contributed by atoms with E-state index < -0.39 is 13.9 Å². The lowest BCUT2D eigenvalue weighted by atomic mass is 10.1. The van der Waals surface area contributed by atoms with E-state index in [9.17, 15) is 9.18 Å². The number of ether oxygens (including phenoxy) is 1. The van der Waals surface area contributed by atoms with Gasteiger partial charge >= 0.3 is 0 Å². The van der Waals surface area contributed by atoms with E-state index in [-0.39, 0.29) is 12.5 Å². The molecule has 1 N–H and O–H groups in total. The molecule has 1 heterocycles. The van der Waals surface area contributed by atoms with Crippen molar-refractivity contribution in [3.63, 3.8) is 0 Å². The van der Waals surface area contributed by atoms with Crippen LogP contribution in [0.3, 0.4) is 0 Å².